The number of rotatable bonds is 3. The summed E-state index contributed by atoms with van der Waals surface area (Å²) in [5.74, 6) is 0.743. The van der Waals surface area contributed by atoms with Gasteiger partial charge in [0.2, 0.25) is 5.78 Å². The number of hydrogen-bond donors (Lipinski definition) is 0. The Morgan fingerprint density at radius 1 is 1.18 bits per heavy atom. The molecule has 2 aliphatic carbocycles. The predicted molar refractivity (Wildman–Crippen MR) is 69.2 cm³/mol. The fourth-order valence-corrected chi connectivity index (χ4v) is 2.67. The highest BCUT2D eigenvalue weighted by molar-refractivity contribution is 6.52. The maximum Gasteiger partial charge on any atom is 0.208 e. The lowest BCUT2D eigenvalue weighted by atomic mass is 9.87. The van der Waals surface area contributed by atoms with Gasteiger partial charge >= 0.3 is 0 Å². The molecule has 2 nitrogen and oxygen atoms in total. The fourth-order valence-electron chi connectivity index (χ4n) is 2.67. The van der Waals surface area contributed by atoms with E-state index in [0.29, 0.717) is 5.92 Å². The molecular weight excluding hydrogens is 210 g/mol. The first-order valence-electron chi connectivity index (χ1n) is 6.50. The highest BCUT2D eigenvalue weighted by atomic mass is 16.1. The fraction of sp³-hybridized carbons (Fsp3) is 0.467. The number of Topliss-reactive ketones (excluding diaryl/α,β-unsaturated/α-hetero) is 1. The molecule has 0 aromatic rings. The van der Waals surface area contributed by atoms with E-state index in [1.807, 2.05) is 12.2 Å². The molecule has 2 heteroatoms. The van der Waals surface area contributed by atoms with Gasteiger partial charge in [0.15, 0.2) is 0 Å². The van der Waals surface area contributed by atoms with Gasteiger partial charge in [0.1, 0.15) is 5.71 Å². The van der Waals surface area contributed by atoms with Crippen LogP contribution in [0.25, 0.3) is 0 Å². The minimum Gasteiger partial charge on any atom is -0.287 e. The van der Waals surface area contributed by atoms with Crippen LogP contribution < -0.4 is 0 Å². The van der Waals surface area contributed by atoms with E-state index in [9.17, 15) is 4.79 Å². The van der Waals surface area contributed by atoms with Crippen LogP contribution in [0.4, 0.5) is 0 Å². The van der Waals surface area contributed by atoms with Gasteiger partial charge in [0, 0.05) is 5.57 Å². The summed E-state index contributed by atoms with van der Waals surface area (Å²) in [6, 6.07) is 0.226. The van der Waals surface area contributed by atoms with Crippen molar-refractivity contribution in [1.82, 2.24) is 0 Å². The Bertz CT molecular complexity index is 454. The van der Waals surface area contributed by atoms with Gasteiger partial charge in [-0.15, -0.1) is 0 Å². The molecule has 3 rings (SSSR count). The summed E-state index contributed by atoms with van der Waals surface area (Å²) < 4.78 is 0. The van der Waals surface area contributed by atoms with Crippen LogP contribution in [-0.4, -0.2) is 17.5 Å². The minimum absolute atomic E-state index is 0.167. The molecule has 0 spiro atoms. The van der Waals surface area contributed by atoms with E-state index < -0.39 is 0 Å². The molecule has 0 saturated carbocycles. The third-order valence-corrected chi connectivity index (χ3v) is 3.74. The second kappa shape index (κ2) is 4.44. The zero-order valence-electron chi connectivity index (χ0n) is 9.93. The molecule has 0 amide bonds. The lowest BCUT2D eigenvalue weighted by Gasteiger charge is -2.16. The SMILES string of the molecule is O=C(C1=CCCC=C1)C1=NC1C1CC=CCC1. The molecule has 1 heterocycles. The summed E-state index contributed by atoms with van der Waals surface area (Å²) >= 11 is 0. The molecule has 2 unspecified atom stereocenters. The Hall–Kier alpha value is -1.44. The average molecular weight is 227 g/mol. The summed E-state index contributed by atoms with van der Waals surface area (Å²) in [4.78, 5) is 16.6. The third kappa shape index (κ3) is 2.17. The number of carbonyl (C=O) groups excluding carboxylic acids is 1. The number of carbonyl (C=O) groups is 1. The van der Waals surface area contributed by atoms with Gasteiger partial charge in [-0.25, -0.2) is 0 Å². The van der Waals surface area contributed by atoms with Crippen molar-refractivity contribution in [3.05, 3.63) is 36.0 Å². The van der Waals surface area contributed by atoms with E-state index in [4.69, 9.17) is 0 Å². The van der Waals surface area contributed by atoms with Crippen LogP contribution in [-0.2, 0) is 4.79 Å². The summed E-state index contributed by atoms with van der Waals surface area (Å²) in [5.41, 5.74) is 1.67. The highest BCUT2D eigenvalue weighted by Crippen LogP contribution is 2.32. The van der Waals surface area contributed by atoms with Crippen molar-refractivity contribution in [3.63, 3.8) is 0 Å². The first kappa shape index (κ1) is 10.7. The molecular formula is C15H17NO. The molecule has 3 aliphatic rings. The van der Waals surface area contributed by atoms with Crippen molar-refractivity contribution in [1.29, 1.82) is 0 Å². The molecule has 0 aromatic carbocycles. The highest BCUT2D eigenvalue weighted by Gasteiger charge is 2.40. The molecule has 0 fully saturated rings. The van der Waals surface area contributed by atoms with E-state index in [-0.39, 0.29) is 11.8 Å². The maximum absolute atomic E-state index is 12.1. The van der Waals surface area contributed by atoms with Gasteiger partial charge in [-0.1, -0.05) is 30.4 Å². The Morgan fingerprint density at radius 3 is 2.82 bits per heavy atom. The lowest BCUT2D eigenvalue weighted by molar-refractivity contribution is -0.109. The number of aliphatic imine (C=N–C) groups is 1. The minimum atomic E-state index is 0.167. The number of nitrogens with zero attached hydrogens (tertiary/aromatic N) is 1. The Balaban J connectivity index is 1.62. The molecule has 0 aromatic heterocycles. The largest absolute Gasteiger partial charge is 0.287 e. The molecule has 1 aliphatic heterocycles. The maximum atomic E-state index is 12.1. The monoisotopic (exact) mass is 227 g/mol. The Labute approximate surface area is 102 Å². The second-order valence-electron chi connectivity index (χ2n) is 4.97. The second-order valence-corrected chi connectivity index (χ2v) is 4.97. The zero-order chi connectivity index (χ0) is 11.7. The summed E-state index contributed by atoms with van der Waals surface area (Å²) in [7, 11) is 0. The molecule has 0 N–H and O–H groups in total. The smallest absolute Gasteiger partial charge is 0.208 e. The van der Waals surface area contributed by atoms with Gasteiger partial charge in [-0.05, 0) is 38.0 Å². The Morgan fingerprint density at radius 2 is 2.12 bits per heavy atom. The van der Waals surface area contributed by atoms with Crippen LogP contribution in [0.5, 0.6) is 0 Å². The van der Waals surface area contributed by atoms with Gasteiger partial charge < -0.3 is 0 Å². The van der Waals surface area contributed by atoms with Crippen molar-refractivity contribution in [2.24, 2.45) is 10.9 Å². The summed E-state index contributed by atoms with van der Waals surface area (Å²) in [6.45, 7) is 0. The summed E-state index contributed by atoms with van der Waals surface area (Å²) in [5, 5.41) is 0. The normalized spacial score (nSPS) is 30.8. The summed E-state index contributed by atoms with van der Waals surface area (Å²) in [6.07, 6.45) is 16.0. The van der Waals surface area contributed by atoms with Crippen LogP contribution in [0.15, 0.2) is 40.9 Å². The topological polar surface area (TPSA) is 29.4 Å². The van der Waals surface area contributed by atoms with Crippen LogP contribution in [0, 0.1) is 5.92 Å². The van der Waals surface area contributed by atoms with Crippen molar-refractivity contribution in [2.45, 2.75) is 38.1 Å². The van der Waals surface area contributed by atoms with Crippen LogP contribution >= 0.6 is 0 Å². The van der Waals surface area contributed by atoms with Crippen molar-refractivity contribution in [2.75, 3.05) is 0 Å². The molecule has 0 bridgehead atoms. The van der Waals surface area contributed by atoms with Crippen LogP contribution in [0.3, 0.4) is 0 Å². The molecule has 88 valence electrons. The van der Waals surface area contributed by atoms with Crippen LogP contribution in [0.1, 0.15) is 32.1 Å². The first-order chi connectivity index (χ1) is 8.36. The zero-order valence-corrected chi connectivity index (χ0v) is 9.93. The Kier molecular flexibility index (Phi) is 2.79. The van der Waals surface area contributed by atoms with Crippen LogP contribution in [0.2, 0.25) is 0 Å². The van der Waals surface area contributed by atoms with Crippen molar-refractivity contribution >= 4 is 11.5 Å². The molecule has 17 heavy (non-hydrogen) atoms. The average Bonchev–Trinajstić information content (AvgIpc) is 3.20. The lowest BCUT2D eigenvalue weighted by Crippen LogP contribution is -2.20. The third-order valence-electron chi connectivity index (χ3n) is 3.74. The van der Waals surface area contributed by atoms with E-state index in [0.717, 1.165) is 37.0 Å². The van der Waals surface area contributed by atoms with E-state index in [2.05, 4.69) is 23.2 Å². The number of ketones is 1. The predicted octanol–water partition coefficient (Wildman–Crippen LogP) is 3.01. The van der Waals surface area contributed by atoms with Gasteiger partial charge in [-0.3, -0.25) is 9.79 Å². The molecule has 0 saturated heterocycles. The number of hydrogen-bond acceptors (Lipinski definition) is 2. The standard InChI is InChI=1S/C15H17NO/c17-15(12-9-5-2-6-10-12)14-13(16-14)11-7-3-1-4-8-11/h1,3,5,9-11,13H,2,4,6-8H2. The van der Waals surface area contributed by atoms with E-state index >= 15 is 0 Å². The quantitative estimate of drug-likeness (QED) is 0.681. The molecule has 0 radical (unpaired) electrons. The van der Waals surface area contributed by atoms with Crippen molar-refractivity contribution < 1.29 is 4.79 Å². The van der Waals surface area contributed by atoms with E-state index in [1.165, 1.54) is 6.42 Å². The van der Waals surface area contributed by atoms with E-state index in [1.54, 1.807) is 0 Å². The van der Waals surface area contributed by atoms with Gasteiger partial charge in [0.05, 0.1) is 6.04 Å². The van der Waals surface area contributed by atoms with Gasteiger partial charge in [0.25, 0.3) is 0 Å². The van der Waals surface area contributed by atoms with Gasteiger partial charge in [-0.2, -0.15) is 0 Å². The number of allylic oxidation sites excluding steroid dienone is 6. The molecule has 2 atom stereocenters. The van der Waals surface area contributed by atoms with Crippen molar-refractivity contribution in [3.8, 4) is 0 Å². The first-order valence-corrected chi connectivity index (χ1v) is 6.50.